The fraction of sp³-hybridized carbons (Fsp3) is 0.0400. The quantitative estimate of drug-likeness (QED) is 0.0803. The summed E-state index contributed by atoms with van der Waals surface area (Å²) in [7, 11) is 0. The zero-order valence-electron chi connectivity index (χ0n) is 85.9. The smallest absolute Gasteiger partial charge is 0.00757 e. The van der Waals surface area contributed by atoms with E-state index in [-0.39, 0.29) is 0 Å². The van der Waals surface area contributed by atoms with Gasteiger partial charge in [-0.1, -0.05) is 593 Å². The molecule has 0 heterocycles. The molecule has 0 atom stereocenters. The Kier molecular flexibility index (Phi) is 33.1. The maximum Gasteiger partial charge on any atom is -0.00757 e. The molecule has 24 rings (SSSR count). The number of hydrogen-bond acceptors (Lipinski definition) is 0. The summed E-state index contributed by atoms with van der Waals surface area (Å²) in [5.74, 6) is 0. The van der Waals surface area contributed by atoms with E-state index < -0.39 is 0 Å². The molecule has 0 bridgehead atoms. The lowest BCUT2D eigenvalue weighted by atomic mass is 9.88. The fourth-order valence-electron chi connectivity index (χ4n) is 19.8. The predicted octanol–water partition coefficient (Wildman–Crippen LogP) is 42.0. The van der Waals surface area contributed by atoms with Crippen molar-refractivity contribution in [3.05, 3.63) is 652 Å². The third-order valence-electron chi connectivity index (χ3n) is 27.6. The van der Waals surface area contributed by atoms with E-state index in [9.17, 15) is 0 Å². The van der Waals surface area contributed by atoms with E-state index in [1.807, 2.05) is 0 Å². The molecule has 24 aromatic rings. The van der Waals surface area contributed by atoms with Crippen LogP contribution in [0.25, 0.3) is 200 Å². The standard InChI is InChI=1S/6C25H20/c1-19-24(21-13-7-3-8-14-21)17-23(20-11-5-2-6-12-20)18-25(19)22-15-9-4-10-16-22;1-19-17-24(21-13-7-3-8-14-21)25(22-15-9-4-10-16-22)18-23(19)20-11-5-2-6-12-20;1-19-17-23(20-11-5-2-6-12-20)18-24(21-13-7-3-8-14-21)25(19)22-15-9-4-10-16-22;1-19-12-14-22(15-13-19)24-17-16-23(20-8-4-2-5-9-20)18-25(24)21-10-6-3-7-11-21;1-19-9-7-13-22(17-19)24-15-5-6-16-25(24)23-14-8-12-21(18-23)20-10-3-2-4-11-20;1-19-14-16-21(17-15-19)24-12-5-6-13-25(24)23-11-7-10-22(18-23)20-8-3-2-4-9-20/h6*2-18H,1H3. The lowest BCUT2D eigenvalue weighted by molar-refractivity contribution is 1.44. The Balaban J connectivity index is 0.000000113. The van der Waals surface area contributed by atoms with Crippen LogP contribution < -0.4 is 0 Å². The average molecular weight is 1920 g/mol. The van der Waals surface area contributed by atoms with Crippen molar-refractivity contribution in [2.24, 2.45) is 0 Å². The minimum absolute atomic E-state index is 1.25. The van der Waals surface area contributed by atoms with Crippen LogP contribution in [0.15, 0.2) is 619 Å². The zero-order valence-corrected chi connectivity index (χ0v) is 85.9. The molecule has 0 radical (unpaired) electrons. The van der Waals surface area contributed by atoms with Gasteiger partial charge in [0.05, 0.1) is 0 Å². The summed E-state index contributed by atoms with van der Waals surface area (Å²) in [6.45, 7) is 13.0. The number of hydrogen-bond donors (Lipinski definition) is 0. The second-order valence-electron chi connectivity index (χ2n) is 38.0. The molecule has 720 valence electrons. The van der Waals surface area contributed by atoms with Crippen molar-refractivity contribution in [2.45, 2.75) is 41.5 Å². The van der Waals surface area contributed by atoms with Crippen LogP contribution in [-0.4, -0.2) is 0 Å². The SMILES string of the molecule is Cc1c(-c2ccccc2)cc(-c2ccccc2)cc1-c1ccccc1.Cc1cc(-c2ccccc2)c(-c2ccccc2)cc1-c1ccccc1.Cc1cc(-c2ccccc2)cc(-c2ccccc2)c1-c1ccccc1.Cc1ccc(-c2ccc(-c3ccccc3)cc2-c2ccccc2)cc1.Cc1ccc(-c2ccccc2-c2cccc(-c3ccccc3)c2)cc1.Cc1cccc(-c2ccccc2-c2cccc(-c3ccccc3)c2)c1. The van der Waals surface area contributed by atoms with E-state index in [1.54, 1.807) is 0 Å². The van der Waals surface area contributed by atoms with E-state index >= 15 is 0 Å². The predicted molar refractivity (Wildman–Crippen MR) is 645 cm³/mol. The van der Waals surface area contributed by atoms with Gasteiger partial charge < -0.3 is 0 Å². The number of aryl methyl sites for hydroxylation is 5. The molecule has 0 N–H and O–H groups in total. The Hall–Kier alpha value is -18.7. The van der Waals surface area contributed by atoms with Crippen LogP contribution in [0.1, 0.15) is 33.4 Å². The lowest BCUT2D eigenvalue weighted by Gasteiger charge is -2.16. The summed E-state index contributed by atoms with van der Waals surface area (Å²) >= 11 is 0. The number of rotatable bonds is 18. The fourth-order valence-corrected chi connectivity index (χ4v) is 19.8. The molecule has 0 saturated heterocycles. The van der Waals surface area contributed by atoms with Crippen LogP contribution >= 0.6 is 0 Å². The first-order valence-corrected chi connectivity index (χ1v) is 51.8. The highest BCUT2D eigenvalue weighted by molar-refractivity contribution is 5.94. The van der Waals surface area contributed by atoms with Crippen LogP contribution in [0.2, 0.25) is 0 Å². The highest BCUT2D eigenvalue weighted by Crippen LogP contribution is 2.45. The molecule has 0 aliphatic rings. The Morgan fingerprint density at radius 2 is 0.300 bits per heavy atom. The van der Waals surface area contributed by atoms with Crippen LogP contribution in [0.4, 0.5) is 0 Å². The molecule has 0 heteroatoms. The van der Waals surface area contributed by atoms with E-state index in [2.05, 4.69) is 660 Å². The van der Waals surface area contributed by atoms with Crippen molar-refractivity contribution < 1.29 is 0 Å². The van der Waals surface area contributed by atoms with E-state index in [0.29, 0.717) is 0 Å². The first-order chi connectivity index (χ1) is 73.9. The lowest BCUT2D eigenvalue weighted by Crippen LogP contribution is -1.91. The maximum atomic E-state index is 2.34. The van der Waals surface area contributed by atoms with Crippen LogP contribution in [0, 0.1) is 41.5 Å². The summed E-state index contributed by atoms with van der Waals surface area (Å²) in [6, 6.07) is 220. The molecule has 0 fully saturated rings. The average Bonchev–Trinajstić information content (AvgIpc) is 0.784. The van der Waals surface area contributed by atoms with Gasteiger partial charge in [0.1, 0.15) is 0 Å². The molecule has 0 aliphatic heterocycles. The summed E-state index contributed by atoms with van der Waals surface area (Å²) in [5, 5.41) is 0. The van der Waals surface area contributed by atoms with Crippen molar-refractivity contribution >= 4 is 0 Å². The second kappa shape index (κ2) is 49.7. The summed E-state index contributed by atoms with van der Waals surface area (Å²) < 4.78 is 0. The van der Waals surface area contributed by atoms with Crippen LogP contribution in [0.5, 0.6) is 0 Å². The van der Waals surface area contributed by atoms with Gasteiger partial charge in [-0.25, -0.2) is 0 Å². The molecule has 150 heavy (non-hydrogen) atoms. The number of benzene rings is 24. The van der Waals surface area contributed by atoms with Crippen molar-refractivity contribution in [1.82, 2.24) is 0 Å². The summed E-state index contributed by atoms with van der Waals surface area (Å²) in [4.78, 5) is 0. The molecule has 0 unspecified atom stereocenters. The molecular formula is C150H120. The Morgan fingerprint density at radius 1 is 0.0867 bits per heavy atom. The van der Waals surface area contributed by atoms with Gasteiger partial charge in [0.2, 0.25) is 0 Å². The molecule has 0 spiro atoms. The van der Waals surface area contributed by atoms with Crippen molar-refractivity contribution in [2.75, 3.05) is 0 Å². The third-order valence-corrected chi connectivity index (χ3v) is 27.6. The molecule has 24 aromatic carbocycles. The second-order valence-corrected chi connectivity index (χ2v) is 38.0. The highest BCUT2D eigenvalue weighted by atomic mass is 14.2. The van der Waals surface area contributed by atoms with Gasteiger partial charge >= 0.3 is 0 Å². The van der Waals surface area contributed by atoms with E-state index in [4.69, 9.17) is 0 Å². The van der Waals surface area contributed by atoms with Crippen molar-refractivity contribution in [1.29, 1.82) is 0 Å². The van der Waals surface area contributed by atoms with Crippen LogP contribution in [0.3, 0.4) is 0 Å². The molecule has 0 nitrogen and oxygen atoms in total. The van der Waals surface area contributed by atoms with Gasteiger partial charge in [0.25, 0.3) is 0 Å². The minimum atomic E-state index is 1.25. The van der Waals surface area contributed by atoms with Gasteiger partial charge in [-0.15, -0.1) is 0 Å². The Labute approximate surface area is 887 Å². The maximum absolute atomic E-state index is 2.34. The Morgan fingerprint density at radius 3 is 0.647 bits per heavy atom. The third kappa shape index (κ3) is 25.2. The zero-order chi connectivity index (χ0) is 102. The minimum Gasteiger partial charge on any atom is -0.0622 e. The molecular weight excluding hydrogens is 1800 g/mol. The van der Waals surface area contributed by atoms with Gasteiger partial charge in [0.15, 0.2) is 0 Å². The normalized spacial score (nSPS) is 10.6. The van der Waals surface area contributed by atoms with Gasteiger partial charge in [-0.05, 0) is 301 Å². The molecule has 0 saturated carbocycles. The van der Waals surface area contributed by atoms with Crippen molar-refractivity contribution in [3.63, 3.8) is 0 Å². The first kappa shape index (κ1) is 100.0. The molecule has 0 aromatic heterocycles. The summed E-state index contributed by atoms with van der Waals surface area (Å²) in [6.07, 6.45) is 0. The molecule has 0 aliphatic carbocycles. The largest absolute Gasteiger partial charge is 0.0622 e. The van der Waals surface area contributed by atoms with Crippen LogP contribution in [-0.2, 0) is 0 Å². The van der Waals surface area contributed by atoms with Crippen molar-refractivity contribution in [3.8, 4) is 200 Å². The van der Waals surface area contributed by atoms with E-state index in [1.165, 1.54) is 234 Å². The van der Waals surface area contributed by atoms with E-state index in [0.717, 1.165) is 0 Å². The van der Waals surface area contributed by atoms with Gasteiger partial charge in [0, 0.05) is 0 Å². The highest BCUT2D eigenvalue weighted by Gasteiger charge is 2.20. The molecule has 0 amide bonds. The first-order valence-electron chi connectivity index (χ1n) is 51.8. The van der Waals surface area contributed by atoms with Gasteiger partial charge in [-0.2, -0.15) is 0 Å². The Bertz CT molecular complexity index is 8390. The topological polar surface area (TPSA) is 0 Å². The summed E-state index contributed by atoms with van der Waals surface area (Å²) in [5.41, 5.74) is 53.2. The van der Waals surface area contributed by atoms with Gasteiger partial charge in [-0.3, -0.25) is 0 Å². The monoisotopic (exact) mass is 1920 g/mol.